The van der Waals surface area contributed by atoms with E-state index in [0.29, 0.717) is 17.9 Å². The number of methoxy groups -OCH3 is 1. The lowest BCUT2D eigenvalue weighted by molar-refractivity contribution is 0.0962. The molecule has 0 bridgehead atoms. The fourth-order valence-corrected chi connectivity index (χ4v) is 3.68. The minimum absolute atomic E-state index is 0.129. The lowest BCUT2D eigenvalue weighted by Gasteiger charge is -2.17. The average molecular weight is 431 g/mol. The summed E-state index contributed by atoms with van der Waals surface area (Å²) >= 11 is 0. The number of benzene rings is 1. The largest absolute Gasteiger partial charge is 0.496 e. The molecule has 0 fully saturated rings. The second-order valence-electron chi connectivity index (χ2n) is 7.67. The van der Waals surface area contributed by atoms with E-state index in [9.17, 15) is 4.79 Å². The lowest BCUT2D eigenvalue weighted by atomic mass is 9.98. The maximum atomic E-state index is 11.9. The second kappa shape index (κ2) is 9.05. The van der Waals surface area contributed by atoms with E-state index >= 15 is 0 Å². The maximum absolute atomic E-state index is 11.9. The fraction of sp³-hybridized carbons (Fsp3) is 0.250. The normalized spacial score (nSPS) is 11.9. The third-order valence-electron chi connectivity index (χ3n) is 5.51. The summed E-state index contributed by atoms with van der Waals surface area (Å²) in [4.78, 5) is 25.2. The van der Waals surface area contributed by atoms with Crippen LogP contribution in [-0.2, 0) is 7.05 Å². The number of pyridine rings is 1. The third kappa shape index (κ3) is 4.25. The number of hydrogen-bond donors (Lipinski definition) is 2. The number of carbonyl (C=O) groups excluding carboxylic acids is 1. The molecule has 164 valence electrons. The van der Waals surface area contributed by atoms with Crippen LogP contribution in [0.4, 0.5) is 5.82 Å². The minimum atomic E-state index is -0.141. The van der Waals surface area contributed by atoms with E-state index in [-0.39, 0.29) is 11.8 Å². The molecule has 32 heavy (non-hydrogen) atoms. The Morgan fingerprint density at radius 1 is 1.16 bits per heavy atom. The molecule has 0 radical (unpaired) electrons. The Bertz CT molecular complexity index is 1270. The molecular formula is C24H26N6O2. The molecule has 2 N–H and O–H groups in total. The molecule has 3 aromatic heterocycles. The number of fused-ring (bicyclic) bond motifs is 1. The molecule has 0 aliphatic carbocycles. The zero-order valence-electron chi connectivity index (χ0n) is 18.6. The van der Waals surface area contributed by atoms with Crippen molar-refractivity contribution < 1.29 is 9.53 Å². The van der Waals surface area contributed by atoms with Gasteiger partial charge in [-0.2, -0.15) is 0 Å². The van der Waals surface area contributed by atoms with Crippen molar-refractivity contribution >= 4 is 22.8 Å². The van der Waals surface area contributed by atoms with Gasteiger partial charge in [0.15, 0.2) is 0 Å². The predicted molar refractivity (Wildman–Crippen MR) is 125 cm³/mol. The Balaban J connectivity index is 1.50. The zero-order chi connectivity index (χ0) is 22.7. The summed E-state index contributed by atoms with van der Waals surface area (Å²) in [5.41, 5.74) is 4.26. The first-order chi connectivity index (χ1) is 15.5. The SMILES string of the molecule is CNC(=O)c1ccc(C(C)CNc2cc(-c3cnc4c(ccn4C)c3)ncn2)c(OC)c1. The summed E-state index contributed by atoms with van der Waals surface area (Å²) in [6, 6.07) is 11.5. The second-order valence-corrected chi connectivity index (χ2v) is 7.67. The van der Waals surface area contributed by atoms with E-state index in [4.69, 9.17) is 4.74 Å². The van der Waals surface area contributed by atoms with Gasteiger partial charge >= 0.3 is 0 Å². The molecule has 1 aromatic carbocycles. The van der Waals surface area contributed by atoms with Gasteiger partial charge in [0.05, 0.1) is 12.8 Å². The van der Waals surface area contributed by atoms with Crippen molar-refractivity contribution in [3.05, 3.63) is 66.2 Å². The number of ether oxygens (including phenoxy) is 1. The Hall–Kier alpha value is -3.94. The average Bonchev–Trinajstić information content (AvgIpc) is 3.21. The summed E-state index contributed by atoms with van der Waals surface area (Å²) < 4.78 is 7.51. The molecular weight excluding hydrogens is 404 g/mol. The molecule has 0 saturated heterocycles. The van der Waals surface area contributed by atoms with Crippen LogP contribution in [0.3, 0.4) is 0 Å². The molecule has 0 aliphatic heterocycles. The monoisotopic (exact) mass is 430 g/mol. The van der Waals surface area contributed by atoms with Crippen LogP contribution >= 0.6 is 0 Å². The molecule has 8 heteroatoms. The van der Waals surface area contributed by atoms with Crippen molar-refractivity contribution in [3.8, 4) is 17.0 Å². The molecule has 1 amide bonds. The van der Waals surface area contributed by atoms with Crippen molar-refractivity contribution in [2.75, 3.05) is 26.0 Å². The van der Waals surface area contributed by atoms with Crippen LogP contribution < -0.4 is 15.4 Å². The highest BCUT2D eigenvalue weighted by molar-refractivity contribution is 5.94. The first-order valence-corrected chi connectivity index (χ1v) is 10.4. The number of carbonyl (C=O) groups is 1. The van der Waals surface area contributed by atoms with Crippen LogP contribution in [0.5, 0.6) is 5.75 Å². The molecule has 0 aliphatic rings. The van der Waals surface area contributed by atoms with Crippen LogP contribution in [0.2, 0.25) is 0 Å². The number of hydrogen-bond acceptors (Lipinski definition) is 6. The Morgan fingerprint density at radius 2 is 2.00 bits per heavy atom. The summed E-state index contributed by atoms with van der Waals surface area (Å²) in [6.45, 7) is 2.74. The molecule has 1 unspecified atom stereocenters. The highest BCUT2D eigenvalue weighted by atomic mass is 16.5. The summed E-state index contributed by atoms with van der Waals surface area (Å²) in [5, 5.41) is 7.08. The highest BCUT2D eigenvalue weighted by Gasteiger charge is 2.15. The number of aromatic nitrogens is 4. The van der Waals surface area contributed by atoms with Gasteiger partial charge < -0.3 is 19.9 Å². The molecule has 4 rings (SSSR count). The van der Waals surface area contributed by atoms with E-state index in [1.807, 2.05) is 48.3 Å². The zero-order valence-corrected chi connectivity index (χ0v) is 18.6. The van der Waals surface area contributed by atoms with Gasteiger partial charge in [0.2, 0.25) is 0 Å². The minimum Gasteiger partial charge on any atom is -0.496 e. The van der Waals surface area contributed by atoms with Crippen LogP contribution in [0.1, 0.15) is 28.8 Å². The van der Waals surface area contributed by atoms with E-state index < -0.39 is 0 Å². The predicted octanol–water partition coefficient (Wildman–Crippen LogP) is 3.61. The Morgan fingerprint density at radius 3 is 2.78 bits per heavy atom. The molecule has 0 saturated carbocycles. The number of amides is 1. The van der Waals surface area contributed by atoms with Gasteiger partial charge in [-0.15, -0.1) is 0 Å². The van der Waals surface area contributed by atoms with Crippen molar-refractivity contribution in [2.24, 2.45) is 7.05 Å². The maximum Gasteiger partial charge on any atom is 0.251 e. The van der Waals surface area contributed by atoms with Crippen molar-refractivity contribution in [1.29, 1.82) is 0 Å². The van der Waals surface area contributed by atoms with E-state index in [1.54, 1.807) is 26.6 Å². The molecule has 8 nitrogen and oxygen atoms in total. The first kappa shape index (κ1) is 21.3. The van der Waals surface area contributed by atoms with Gasteiger partial charge in [-0.3, -0.25) is 4.79 Å². The Kier molecular flexibility index (Phi) is 6.02. The standard InChI is InChI=1S/C24H26N6O2/c1-15(19-6-5-17(24(31)25-2)10-21(19)32-4)12-26-22-11-20(28-14-29-22)18-9-16-7-8-30(3)23(16)27-13-18/h5-11,13-15H,12H2,1-4H3,(H,25,31)(H,26,28,29). The number of aryl methyl sites for hydroxylation is 1. The van der Waals surface area contributed by atoms with Gasteiger partial charge in [0.25, 0.3) is 5.91 Å². The van der Waals surface area contributed by atoms with Gasteiger partial charge in [-0.05, 0) is 29.8 Å². The number of nitrogens with zero attached hydrogens (tertiary/aromatic N) is 4. The van der Waals surface area contributed by atoms with E-state index in [1.165, 1.54) is 0 Å². The topological polar surface area (TPSA) is 94.0 Å². The van der Waals surface area contributed by atoms with Gasteiger partial charge in [-0.25, -0.2) is 15.0 Å². The molecule has 4 aromatic rings. The molecule has 3 heterocycles. The van der Waals surface area contributed by atoms with Crippen LogP contribution in [0, 0.1) is 0 Å². The van der Waals surface area contributed by atoms with Gasteiger partial charge in [0, 0.05) is 61.5 Å². The van der Waals surface area contributed by atoms with E-state index in [0.717, 1.165) is 33.7 Å². The van der Waals surface area contributed by atoms with E-state index in [2.05, 4.69) is 38.6 Å². The number of rotatable bonds is 7. The third-order valence-corrected chi connectivity index (χ3v) is 5.51. The van der Waals surface area contributed by atoms with Crippen LogP contribution in [0.25, 0.3) is 22.3 Å². The quantitative estimate of drug-likeness (QED) is 0.465. The molecule has 0 spiro atoms. The van der Waals surface area contributed by atoms with Crippen molar-refractivity contribution in [3.63, 3.8) is 0 Å². The fourth-order valence-electron chi connectivity index (χ4n) is 3.68. The Labute approximate surface area is 186 Å². The smallest absolute Gasteiger partial charge is 0.251 e. The van der Waals surface area contributed by atoms with Crippen molar-refractivity contribution in [1.82, 2.24) is 24.8 Å². The van der Waals surface area contributed by atoms with Crippen LogP contribution in [-0.4, -0.2) is 46.1 Å². The lowest BCUT2D eigenvalue weighted by Crippen LogP contribution is -2.18. The van der Waals surface area contributed by atoms with Crippen LogP contribution in [0.15, 0.2) is 55.1 Å². The summed E-state index contributed by atoms with van der Waals surface area (Å²) in [6.07, 6.45) is 5.37. The summed E-state index contributed by atoms with van der Waals surface area (Å²) in [5.74, 6) is 1.41. The number of anilines is 1. The van der Waals surface area contributed by atoms with Gasteiger partial charge in [0.1, 0.15) is 23.5 Å². The van der Waals surface area contributed by atoms with Gasteiger partial charge in [-0.1, -0.05) is 13.0 Å². The number of nitrogens with one attached hydrogen (secondary N) is 2. The first-order valence-electron chi connectivity index (χ1n) is 10.4. The molecule has 1 atom stereocenters. The summed E-state index contributed by atoms with van der Waals surface area (Å²) in [7, 11) is 5.20. The van der Waals surface area contributed by atoms with Crippen molar-refractivity contribution in [2.45, 2.75) is 12.8 Å². The highest BCUT2D eigenvalue weighted by Crippen LogP contribution is 2.28.